The Balaban J connectivity index is 1.62. The van der Waals surface area contributed by atoms with Gasteiger partial charge in [-0.05, 0) is 18.9 Å². The van der Waals surface area contributed by atoms with Gasteiger partial charge in [0.05, 0.1) is 18.1 Å². The predicted molar refractivity (Wildman–Crippen MR) is 90.2 cm³/mol. The van der Waals surface area contributed by atoms with Crippen LogP contribution in [0.5, 0.6) is 0 Å². The van der Waals surface area contributed by atoms with Gasteiger partial charge in [-0.1, -0.05) is 0 Å². The molecule has 3 rings (SSSR count). The minimum atomic E-state index is -3.72. The standard InChI is InChI=1S/C15H20N2O6S2/c18-14(11-2-1-7-23-9-11)16-3-5-17(6-4-16)25(21,22)13-8-12(10-24-13)15(19)20/h8,10-11H,1-7,9H2,(H,19,20). The predicted octanol–water partition coefficient (Wildman–Crippen LogP) is 0.706. The van der Waals surface area contributed by atoms with Gasteiger partial charge in [-0.15, -0.1) is 11.3 Å². The van der Waals surface area contributed by atoms with Crippen molar-refractivity contribution in [3.8, 4) is 0 Å². The first-order chi connectivity index (χ1) is 11.9. The molecule has 2 aliphatic heterocycles. The molecule has 10 heteroatoms. The van der Waals surface area contributed by atoms with E-state index in [-0.39, 0.29) is 34.7 Å². The highest BCUT2D eigenvalue weighted by atomic mass is 32.2. The van der Waals surface area contributed by atoms with E-state index in [4.69, 9.17) is 9.84 Å². The lowest BCUT2D eigenvalue weighted by molar-refractivity contribution is -0.140. The molecule has 0 aromatic carbocycles. The zero-order chi connectivity index (χ0) is 18.0. The Kier molecular flexibility index (Phi) is 5.42. The van der Waals surface area contributed by atoms with Crippen molar-refractivity contribution in [2.24, 2.45) is 5.92 Å². The molecule has 2 saturated heterocycles. The monoisotopic (exact) mass is 388 g/mol. The number of aromatic carboxylic acids is 1. The van der Waals surface area contributed by atoms with Crippen molar-refractivity contribution in [2.75, 3.05) is 39.4 Å². The summed E-state index contributed by atoms with van der Waals surface area (Å²) >= 11 is 0.901. The molecule has 0 spiro atoms. The smallest absolute Gasteiger partial charge is 0.336 e. The van der Waals surface area contributed by atoms with E-state index in [1.165, 1.54) is 15.8 Å². The largest absolute Gasteiger partial charge is 0.478 e. The summed E-state index contributed by atoms with van der Waals surface area (Å²) in [4.78, 5) is 25.1. The third-order valence-electron chi connectivity index (χ3n) is 4.48. The Morgan fingerprint density at radius 3 is 2.52 bits per heavy atom. The maximum atomic E-state index is 12.6. The number of carbonyl (C=O) groups excluding carboxylic acids is 1. The van der Waals surface area contributed by atoms with E-state index in [1.54, 1.807) is 4.90 Å². The number of carboxylic acids is 1. The van der Waals surface area contributed by atoms with Crippen LogP contribution in [0.2, 0.25) is 0 Å². The van der Waals surface area contributed by atoms with Gasteiger partial charge in [-0.2, -0.15) is 4.31 Å². The minimum absolute atomic E-state index is 0.0188. The highest BCUT2D eigenvalue weighted by molar-refractivity contribution is 7.91. The van der Waals surface area contributed by atoms with E-state index in [2.05, 4.69) is 0 Å². The van der Waals surface area contributed by atoms with Crippen molar-refractivity contribution in [1.82, 2.24) is 9.21 Å². The first-order valence-corrected chi connectivity index (χ1v) is 10.4. The second-order valence-electron chi connectivity index (χ2n) is 6.10. The molecule has 2 aliphatic rings. The van der Waals surface area contributed by atoms with Crippen molar-refractivity contribution < 1.29 is 27.9 Å². The molecule has 1 unspecified atom stereocenters. The van der Waals surface area contributed by atoms with Gasteiger partial charge in [-0.3, -0.25) is 4.79 Å². The Bertz CT molecular complexity index is 746. The third kappa shape index (κ3) is 3.86. The number of hydrogen-bond donors (Lipinski definition) is 1. The highest BCUT2D eigenvalue weighted by Crippen LogP contribution is 2.25. The summed E-state index contributed by atoms with van der Waals surface area (Å²) in [6, 6.07) is 1.18. The number of thiophene rings is 1. The van der Waals surface area contributed by atoms with Gasteiger partial charge in [0.1, 0.15) is 4.21 Å². The normalized spacial score (nSPS) is 22.7. The fraction of sp³-hybridized carbons (Fsp3) is 0.600. The van der Waals surface area contributed by atoms with Crippen LogP contribution in [0.3, 0.4) is 0 Å². The molecule has 25 heavy (non-hydrogen) atoms. The van der Waals surface area contributed by atoms with Crippen LogP contribution < -0.4 is 0 Å². The summed E-state index contributed by atoms with van der Waals surface area (Å²) in [5, 5.41) is 10.3. The van der Waals surface area contributed by atoms with Crippen molar-refractivity contribution in [1.29, 1.82) is 0 Å². The van der Waals surface area contributed by atoms with Crippen LogP contribution >= 0.6 is 11.3 Å². The van der Waals surface area contributed by atoms with Gasteiger partial charge in [0.25, 0.3) is 10.0 Å². The van der Waals surface area contributed by atoms with Gasteiger partial charge in [0.2, 0.25) is 5.91 Å². The lowest BCUT2D eigenvalue weighted by Gasteiger charge is -2.36. The Hall–Kier alpha value is -1.49. The van der Waals surface area contributed by atoms with E-state index in [0.717, 1.165) is 24.2 Å². The second kappa shape index (κ2) is 7.40. The van der Waals surface area contributed by atoms with Crippen LogP contribution in [0.4, 0.5) is 0 Å². The number of carbonyl (C=O) groups is 2. The van der Waals surface area contributed by atoms with Gasteiger partial charge >= 0.3 is 5.97 Å². The summed E-state index contributed by atoms with van der Waals surface area (Å²) in [5.41, 5.74) is -0.0327. The molecule has 1 amide bonds. The number of hydrogen-bond acceptors (Lipinski definition) is 6. The maximum Gasteiger partial charge on any atom is 0.336 e. The summed E-state index contributed by atoms with van der Waals surface area (Å²) in [6.45, 7) is 2.22. The van der Waals surface area contributed by atoms with Crippen LogP contribution in [0, 0.1) is 5.92 Å². The van der Waals surface area contributed by atoms with Crippen LogP contribution in [-0.4, -0.2) is 74.0 Å². The maximum absolute atomic E-state index is 12.6. The van der Waals surface area contributed by atoms with Crippen molar-refractivity contribution in [3.63, 3.8) is 0 Å². The molecule has 1 N–H and O–H groups in total. The summed E-state index contributed by atoms with van der Waals surface area (Å²) < 4.78 is 31.9. The van der Waals surface area contributed by atoms with E-state index in [9.17, 15) is 18.0 Å². The molecule has 1 aromatic rings. The molecule has 0 radical (unpaired) electrons. The molecule has 1 aromatic heterocycles. The topological polar surface area (TPSA) is 104 Å². The number of piperazine rings is 1. The first kappa shape index (κ1) is 18.3. The molecule has 2 fully saturated rings. The van der Waals surface area contributed by atoms with E-state index >= 15 is 0 Å². The van der Waals surface area contributed by atoms with Crippen LogP contribution in [0.15, 0.2) is 15.7 Å². The summed E-state index contributed by atoms with van der Waals surface area (Å²) in [5.74, 6) is -1.25. The molecule has 0 bridgehead atoms. The SMILES string of the molecule is O=C(O)c1csc(S(=O)(=O)N2CCN(C(=O)C3CCCOC3)CC2)c1. The van der Waals surface area contributed by atoms with Crippen molar-refractivity contribution in [2.45, 2.75) is 17.1 Å². The Labute approximate surface area is 150 Å². The molecule has 0 saturated carbocycles. The number of amides is 1. The van der Waals surface area contributed by atoms with Crippen molar-refractivity contribution >= 4 is 33.2 Å². The fourth-order valence-corrected chi connectivity index (χ4v) is 5.76. The Morgan fingerprint density at radius 2 is 1.96 bits per heavy atom. The quantitative estimate of drug-likeness (QED) is 0.814. The Morgan fingerprint density at radius 1 is 1.24 bits per heavy atom. The number of ether oxygens (including phenoxy) is 1. The average Bonchev–Trinajstić information content (AvgIpc) is 3.13. The molecule has 138 valence electrons. The number of nitrogens with zero attached hydrogens (tertiary/aromatic N) is 2. The third-order valence-corrected chi connectivity index (χ3v) is 7.79. The zero-order valence-electron chi connectivity index (χ0n) is 13.6. The van der Waals surface area contributed by atoms with Gasteiger partial charge < -0.3 is 14.7 Å². The van der Waals surface area contributed by atoms with E-state index in [0.29, 0.717) is 26.3 Å². The highest BCUT2D eigenvalue weighted by Gasteiger charge is 2.34. The van der Waals surface area contributed by atoms with Crippen LogP contribution in [0.25, 0.3) is 0 Å². The first-order valence-electron chi connectivity index (χ1n) is 8.08. The molecule has 3 heterocycles. The minimum Gasteiger partial charge on any atom is -0.478 e. The number of rotatable bonds is 4. The zero-order valence-corrected chi connectivity index (χ0v) is 15.2. The lowest BCUT2D eigenvalue weighted by atomic mass is 10.0. The van der Waals surface area contributed by atoms with Crippen molar-refractivity contribution in [3.05, 3.63) is 17.0 Å². The molecule has 8 nitrogen and oxygen atoms in total. The summed E-state index contributed by atoms with van der Waals surface area (Å²) in [6.07, 6.45) is 1.68. The molecular weight excluding hydrogens is 368 g/mol. The van der Waals surface area contributed by atoms with E-state index < -0.39 is 16.0 Å². The second-order valence-corrected chi connectivity index (χ2v) is 9.18. The number of carboxylic acid groups (broad SMARTS) is 1. The fourth-order valence-electron chi connectivity index (χ4n) is 3.03. The lowest BCUT2D eigenvalue weighted by Crippen LogP contribution is -2.52. The van der Waals surface area contributed by atoms with Crippen LogP contribution in [-0.2, 0) is 19.6 Å². The number of sulfonamides is 1. The van der Waals surface area contributed by atoms with Gasteiger partial charge in [0, 0.05) is 38.2 Å². The van der Waals surface area contributed by atoms with E-state index in [1.807, 2.05) is 0 Å². The summed E-state index contributed by atoms with van der Waals surface area (Å²) in [7, 11) is -3.72. The van der Waals surface area contributed by atoms with Crippen LogP contribution in [0.1, 0.15) is 23.2 Å². The van der Waals surface area contributed by atoms with Gasteiger partial charge in [0.15, 0.2) is 0 Å². The molecular formula is C15H20N2O6S2. The average molecular weight is 388 g/mol. The van der Waals surface area contributed by atoms with Gasteiger partial charge in [-0.25, -0.2) is 13.2 Å². The molecule has 1 atom stereocenters. The molecule has 0 aliphatic carbocycles.